The predicted molar refractivity (Wildman–Crippen MR) is 155 cm³/mol. The zero-order valence-corrected chi connectivity index (χ0v) is 22.6. The number of carbonyl (C=O) groups excluding carboxylic acids is 1. The number of fused-ring (bicyclic) bond motifs is 1. The summed E-state index contributed by atoms with van der Waals surface area (Å²) >= 11 is 0. The molecule has 202 valence electrons. The molecular formula is C33H32N4O3. The Hall–Kier alpha value is -4.65. The molecule has 0 atom stereocenters. The number of ether oxygens (including phenoxy) is 1. The smallest absolute Gasteiger partial charge is 0.273 e. The van der Waals surface area contributed by atoms with Gasteiger partial charge < -0.3 is 14.6 Å². The minimum atomic E-state index is -0.297. The molecule has 7 nitrogen and oxygen atoms in total. The summed E-state index contributed by atoms with van der Waals surface area (Å²) in [6.45, 7) is 3.05. The third-order valence-electron chi connectivity index (χ3n) is 7.23. The molecule has 5 aromatic rings. The molecule has 2 aromatic heterocycles. The van der Waals surface area contributed by atoms with Crippen molar-refractivity contribution in [1.29, 1.82) is 0 Å². The second-order valence-electron chi connectivity index (χ2n) is 10.1. The Balaban J connectivity index is 1.21. The quantitative estimate of drug-likeness (QED) is 0.226. The van der Waals surface area contributed by atoms with Gasteiger partial charge >= 0.3 is 0 Å². The van der Waals surface area contributed by atoms with E-state index in [1.54, 1.807) is 6.07 Å². The molecule has 0 saturated heterocycles. The van der Waals surface area contributed by atoms with Gasteiger partial charge in [-0.2, -0.15) is 5.10 Å². The van der Waals surface area contributed by atoms with Gasteiger partial charge in [0.2, 0.25) is 0 Å². The van der Waals surface area contributed by atoms with Gasteiger partial charge in [0.1, 0.15) is 5.75 Å². The number of amides is 1. The Morgan fingerprint density at radius 2 is 1.73 bits per heavy atom. The monoisotopic (exact) mass is 532 g/mol. The molecule has 1 aliphatic carbocycles. The summed E-state index contributed by atoms with van der Waals surface area (Å²) < 4.78 is 13.1. The van der Waals surface area contributed by atoms with E-state index < -0.39 is 0 Å². The summed E-state index contributed by atoms with van der Waals surface area (Å²) in [7, 11) is 0. The van der Waals surface area contributed by atoms with Gasteiger partial charge in [-0.3, -0.25) is 4.79 Å². The number of aromatic nitrogens is 3. The van der Waals surface area contributed by atoms with Gasteiger partial charge in [0, 0.05) is 35.5 Å². The second kappa shape index (κ2) is 11.6. The number of benzene rings is 3. The van der Waals surface area contributed by atoms with Crippen LogP contribution in [0.3, 0.4) is 0 Å². The summed E-state index contributed by atoms with van der Waals surface area (Å²) in [6.07, 6.45) is 7.56. The van der Waals surface area contributed by atoms with Crippen LogP contribution < -0.4 is 10.1 Å². The maximum absolute atomic E-state index is 13.1. The number of nitrogens with zero attached hydrogens (tertiary/aromatic N) is 3. The van der Waals surface area contributed by atoms with Crippen LogP contribution in [0.4, 0.5) is 0 Å². The lowest BCUT2D eigenvalue weighted by molar-refractivity contribution is 0.0942. The van der Waals surface area contributed by atoms with Crippen molar-refractivity contribution in [1.82, 2.24) is 20.3 Å². The van der Waals surface area contributed by atoms with Gasteiger partial charge in [0.25, 0.3) is 5.91 Å². The van der Waals surface area contributed by atoms with Crippen LogP contribution in [0, 0.1) is 0 Å². The highest BCUT2D eigenvalue weighted by Crippen LogP contribution is 2.29. The molecule has 1 N–H and O–H groups in total. The van der Waals surface area contributed by atoms with E-state index in [9.17, 15) is 4.79 Å². The van der Waals surface area contributed by atoms with E-state index in [2.05, 4.69) is 35.6 Å². The lowest BCUT2D eigenvalue weighted by atomic mass is 9.90. The lowest BCUT2D eigenvalue weighted by Gasteiger charge is -2.15. The number of aryl methyl sites for hydroxylation is 2. The number of rotatable bonds is 9. The van der Waals surface area contributed by atoms with Crippen molar-refractivity contribution >= 4 is 5.91 Å². The molecule has 40 heavy (non-hydrogen) atoms. The van der Waals surface area contributed by atoms with Gasteiger partial charge in [-0.1, -0.05) is 42.4 Å². The molecule has 0 fully saturated rings. The molecule has 0 spiro atoms. The van der Waals surface area contributed by atoms with Gasteiger partial charge in [-0.05, 0) is 85.7 Å². The van der Waals surface area contributed by atoms with E-state index in [1.165, 1.54) is 24.0 Å². The minimum absolute atomic E-state index is 0.252. The van der Waals surface area contributed by atoms with Crippen molar-refractivity contribution in [3.63, 3.8) is 0 Å². The first-order valence-corrected chi connectivity index (χ1v) is 13.9. The molecule has 2 heterocycles. The van der Waals surface area contributed by atoms with Gasteiger partial charge in [0.15, 0.2) is 11.5 Å². The molecule has 1 aliphatic rings. The molecule has 0 saturated carbocycles. The largest absolute Gasteiger partial charge is 0.494 e. The Kier molecular flexibility index (Phi) is 7.44. The standard InChI is InChI=1S/C33H32N4O3/c1-2-18-39-29-16-14-24(15-17-29)32-27(22-37(35-32)28-10-4-3-5-11-28)21-34-33(38)30-20-31(40-36-30)26-13-12-23-8-6-7-9-25(23)19-26/h3-5,10-17,19-20,22H,2,6-9,18,21H2,1H3,(H,34,38). The average molecular weight is 533 g/mol. The summed E-state index contributed by atoms with van der Waals surface area (Å²) in [5.41, 5.74) is 7.53. The fourth-order valence-corrected chi connectivity index (χ4v) is 5.10. The van der Waals surface area contributed by atoms with E-state index in [-0.39, 0.29) is 18.1 Å². The Labute approximate surface area is 233 Å². The second-order valence-corrected chi connectivity index (χ2v) is 10.1. The molecule has 3 aromatic carbocycles. The fraction of sp³-hybridized carbons (Fsp3) is 0.242. The van der Waals surface area contributed by atoms with Crippen LogP contribution in [0.2, 0.25) is 0 Å². The number of para-hydroxylation sites is 1. The van der Waals surface area contributed by atoms with Gasteiger partial charge in [-0.15, -0.1) is 0 Å². The minimum Gasteiger partial charge on any atom is -0.494 e. The van der Waals surface area contributed by atoms with E-state index in [0.29, 0.717) is 12.4 Å². The average Bonchev–Trinajstić information content (AvgIpc) is 3.68. The number of hydrogen-bond acceptors (Lipinski definition) is 5. The SMILES string of the molecule is CCCOc1ccc(-c2nn(-c3ccccc3)cc2CNC(=O)c2cc(-c3ccc4c(c3)CCCC4)on2)cc1. The Morgan fingerprint density at radius 1 is 0.950 bits per heavy atom. The summed E-state index contributed by atoms with van der Waals surface area (Å²) in [4.78, 5) is 13.1. The van der Waals surface area contributed by atoms with E-state index in [4.69, 9.17) is 14.4 Å². The number of hydrogen-bond donors (Lipinski definition) is 1. The van der Waals surface area contributed by atoms with Crippen LogP contribution in [-0.2, 0) is 19.4 Å². The topological polar surface area (TPSA) is 82.2 Å². The van der Waals surface area contributed by atoms with E-state index >= 15 is 0 Å². The van der Waals surface area contributed by atoms with E-state index in [0.717, 1.165) is 53.1 Å². The van der Waals surface area contributed by atoms with Crippen molar-refractivity contribution in [3.05, 3.63) is 107 Å². The van der Waals surface area contributed by atoms with Crippen LogP contribution >= 0.6 is 0 Å². The van der Waals surface area contributed by atoms with E-state index in [1.807, 2.05) is 65.5 Å². The molecular weight excluding hydrogens is 500 g/mol. The molecule has 0 bridgehead atoms. The summed E-state index contributed by atoms with van der Waals surface area (Å²) in [5.74, 6) is 1.12. The van der Waals surface area contributed by atoms with Crippen LogP contribution in [0.5, 0.6) is 5.75 Å². The molecule has 6 rings (SSSR count). The lowest BCUT2D eigenvalue weighted by Crippen LogP contribution is -2.23. The molecule has 7 heteroatoms. The summed E-state index contributed by atoms with van der Waals surface area (Å²) in [5, 5.41) is 11.9. The van der Waals surface area contributed by atoms with Gasteiger partial charge in [-0.25, -0.2) is 4.68 Å². The molecule has 0 unspecified atom stereocenters. The molecule has 1 amide bonds. The van der Waals surface area contributed by atoms with Crippen LogP contribution in [0.1, 0.15) is 53.4 Å². The molecule has 0 aliphatic heterocycles. The first-order chi connectivity index (χ1) is 19.7. The number of carbonyl (C=O) groups is 1. The van der Waals surface area contributed by atoms with Crippen LogP contribution in [0.15, 0.2) is 89.6 Å². The van der Waals surface area contributed by atoms with Crippen LogP contribution in [-0.4, -0.2) is 27.5 Å². The van der Waals surface area contributed by atoms with Crippen molar-refractivity contribution in [2.24, 2.45) is 0 Å². The zero-order chi connectivity index (χ0) is 27.3. The number of nitrogens with one attached hydrogen (secondary N) is 1. The highest BCUT2D eigenvalue weighted by atomic mass is 16.5. The summed E-state index contributed by atoms with van der Waals surface area (Å²) in [6, 6.07) is 25.9. The highest BCUT2D eigenvalue weighted by Gasteiger charge is 2.18. The maximum atomic E-state index is 13.1. The highest BCUT2D eigenvalue weighted by molar-refractivity contribution is 5.93. The van der Waals surface area contributed by atoms with Crippen molar-refractivity contribution in [2.45, 2.75) is 45.6 Å². The first kappa shape index (κ1) is 25.6. The van der Waals surface area contributed by atoms with Gasteiger partial charge in [0.05, 0.1) is 18.0 Å². The third-order valence-corrected chi connectivity index (χ3v) is 7.23. The third kappa shape index (κ3) is 5.54. The Bertz CT molecular complexity index is 1600. The normalized spacial score (nSPS) is 12.6. The first-order valence-electron chi connectivity index (χ1n) is 13.9. The van der Waals surface area contributed by atoms with Crippen LogP contribution in [0.25, 0.3) is 28.3 Å². The predicted octanol–water partition coefficient (Wildman–Crippen LogP) is 6.79. The fourth-order valence-electron chi connectivity index (χ4n) is 5.10. The maximum Gasteiger partial charge on any atom is 0.273 e. The van der Waals surface area contributed by atoms with Crippen molar-refractivity contribution in [3.8, 4) is 34.0 Å². The van der Waals surface area contributed by atoms with Crippen molar-refractivity contribution in [2.75, 3.05) is 6.61 Å². The molecule has 0 radical (unpaired) electrons. The zero-order valence-electron chi connectivity index (χ0n) is 22.6. The van der Waals surface area contributed by atoms with Crippen molar-refractivity contribution < 1.29 is 14.1 Å². The Morgan fingerprint density at radius 3 is 2.52 bits per heavy atom.